The standard InChI is InChI=1S/C17H19N3O.ClH/c21-15-8-6-14(7-9-15)16(20-17-18-10-11-19-17)12-13-4-2-1-3-5-13;/h1-9,16,21H,10-12H2,(H2,18,19,20);1H. The summed E-state index contributed by atoms with van der Waals surface area (Å²) >= 11 is 0. The van der Waals surface area contributed by atoms with E-state index in [4.69, 9.17) is 0 Å². The number of hydrogen-bond donors (Lipinski definition) is 3. The van der Waals surface area contributed by atoms with Crippen LogP contribution in [-0.4, -0.2) is 24.2 Å². The molecular weight excluding hydrogens is 298 g/mol. The second-order valence-corrected chi connectivity index (χ2v) is 5.14. The third kappa shape index (κ3) is 4.15. The first-order valence-corrected chi connectivity index (χ1v) is 7.19. The molecule has 22 heavy (non-hydrogen) atoms. The van der Waals surface area contributed by atoms with Crippen molar-refractivity contribution in [2.24, 2.45) is 4.99 Å². The summed E-state index contributed by atoms with van der Waals surface area (Å²) in [6, 6.07) is 17.8. The largest absolute Gasteiger partial charge is 0.508 e. The Kier molecular flexibility index (Phi) is 5.67. The highest BCUT2D eigenvalue weighted by Crippen LogP contribution is 2.21. The van der Waals surface area contributed by atoms with Gasteiger partial charge in [0.05, 0.1) is 12.6 Å². The molecule has 1 unspecified atom stereocenters. The zero-order chi connectivity index (χ0) is 14.5. The second kappa shape index (κ2) is 7.71. The van der Waals surface area contributed by atoms with Crippen LogP contribution in [0, 0.1) is 0 Å². The van der Waals surface area contributed by atoms with Gasteiger partial charge in [0.1, 0.15) is 5.75 Å². The summed E-state index contributed by atoms with van der Waals surface area (Å²) in [5.74, 6) is 1.14. The van der Waals surface area contributed by atoms with Crippen molar-refractivity contribution in [1.29, 1.82) is 0 Å². The van der Waals surface area contributed by atoms with Crippen molar-refractivity contribution in [3.63, 3.8) is 0 Å². The van der Waals surface area contributed by atoms with Crippen molar-refractivity contribution in [3.8, 4) is 5.75 Å². The first kappa shape index (κ1) is 16.2. The van der Waals surface area contributed by atoms with Gasteiger partial charge in [0.15, 0.2) is 5.96 Å². The lowest BCUT2D eigenvalue weighted by atomic mass is 9.99. The summed E-state index contributed by atoms with van der Waals surface area (Å²) in [5, 5.41) is 16.2. The molecule has 1 aliphatic heterocycles. The molecule has 2 aromatic carbocycles. The molecule has 1 heterocycles. The minimum atomic E-state index is 0. The Morgan fingerprint density at radius 1 is 1.09 bits per heavy atom. The van der Waals surface area contributed by atoms with Crippen LogP contribution in [0.25, 0.3) is 0 Å². The average Bonchev–Trinajstić information content (AvgIpc) is 3.01. The minimum Gasteiger partial charge on any atom is -0.508 e. The number of guanidine groups is 1. The van der Waals surface area contributed by atoms with E-state index >= 15 is 0 Å². The lowest BCUT2D eigenvalue weighted by Crippen LogP contribution is -2.37. The number of aromatic hydroxyl groups is 1. The normalized spacial score (nSPS) is 14.5. The van der Waals surface area contributed by atoms with E-state index in [9.17, 15) is 5.11 Å². The Morgan fingerprint density at radius 2 is 1.82 bits per heavy atom. The Morgan fingerprint density at radius 3 is 2.45 bits per heavy atom. The lowest BCUT2D eigenvalue weighted by Gasteiger charge is -2.20. The SMILES string of the molecule is Cl.Oc1ccc(C(Cc2ccccc2)NC2=NCCN2)cc1. The van der Waals surface area contributed by atoms with Gasteiger partial charge >= 0.3 is 0 Å². The molecule has 3 rings (SSSR count). The number of hydrogen-bond acceptors (Lipinski definition) is 4. The molecule has 5 heteroatoms. The molecule has 0 bridgehead atoms. The van der Waals surface area contributed by atoms with E-state index in [0.29, 0.717) is 0 Å². The first-order chi connectivity index (χ1) is 10.3. The van der Waals surface area contributed by atoms with E-state index in [2.05, 4.69) is 39.9 Å². The summed E-state index contributed by atoms with van der Waals surface area (Å²) in [6.07, 6.45) is 0.867. The number of phenolic OH excluding ortho intramolecular Hbond substituents is 1. The molecular formula is C17H20ClN3O. The molecule has 0 amide bonds. The predicted molar refractivity (Wildman–Crippen MR) is 91.7 cm³/mol. The molecule has 116 valence electrons. The van der Waals surface area contributed by atoms with Crippen LogP contribution in [-0.2, 0) is 6.42 Å². The summed E-state index contributed by atoms with van der Waals surface area (Å²) in [5.41, 5.74) is 2.40. The highest BCUT2D eigenvalue weighted by Gasteiger charge is 2.15. The number of nitrogens with zero attached hydrogens (tertiary/aromatic N) is 1. The predicted octanol–water partition coefficient (Wildman–Crippen LogP) is 2.65. The van der Waals surface area contributed by atoms with Gasteiger partial charge < -0.3 is 15.7 Å². The molecule has 0 spiro atoms. The molecule has 0 radical (unpaired) electrons. The topological polar surface area (TPSA) is 56.6 Å². The van der Waals surface area contributed by atoms with Gasteiger partial charge in [-0.1, -0.05) is 42.5 Å². The summed E-state index contributed by atoms with van der Waals surface area (Å²) < 4.78 is 0. The molecule has 1 atom stereocenters. The van der Waals surface area contributed by atoms with Crippen molar-refractivity contribution < 1.29 is 5.11 Å². The third-order valence-electron chi connectivity index (χ3n) is 3.56. The van der Waals surface area contributed by atoms with Crippen molar-refractivity contribution in [2.45, 2.75) is 12.5 Å². The molecule has 1 aliphatic rings. The molecule has 3 N–H and O–H groups in total. The molecule has 0 fully saturated rings. The van der Waals surface area contributed by atoms with Crippen LogP contribution in [0.5, 0.6) is 5.75 Å². The molecule has 0 saturated carbocycles. The zero-order valence-electron chi connectivity index (χ0n) is 12.2. The Labute approximate surface area is 136 Å². The van der Waals surface area contributed by atoms with Gasteiger partial charge in [-0.3, -0.25) is 4.99 Å². The van der Waals surface area contributed by atoms with Crippen LogP contribution < -0.4 is 10.6 Å². The van der Waals surface area contributed by atoms with Crippen LogP contribution in [0.2, 0.25) is 0 Å². The van der Waals surface area contributed by atoms with Gasteiger partial charge in [0.2, 0.25) is 0 Å². The van der Waals surface area contributed by atoms with Crippen molar-refractivity contribution >= 4 is 18.4 Å². The van der Waals surface area contributed by atoms with Crippen molar-refractivity contribution in [2.75, 3.05) is 13.1 Å². The number of phenols is 1. The second-order valence-electron chi connectivity index (χ2n) is 5.14. The van der Waals surface area contributed by atoms with Gasteiger partial charge in [-0.15, -0.1) is 12.4 Å². The third-order valence-corrected chi connectivity index (χ3v) is 3.56. The van der Waals surface area contributed by atoms with Crippen molar-refractivity contribution in [1.82, 2.24) is 10.6 Å². The highest BCUT2D eigenvalue weighted by molar-refractivity contribution is 5.85. The monoisotopic (exact) mass is 317 g/mol. The Hall–Kier alpha value is -2.20. The van der Waals surface area contributed by atoms with E-state index < -0.39 is 0 Å². The average molecular weight is 318 g/mol. The van der Waals surface area contributed by atoms with E-state index in [0.717, 1.165) is 31.0 Å². The fraction of sp³-hybridized carbons (Fsp3) is 0.235. The van der Waals surface area contributed by atoms with E-state index in [1.54, 1.807) is 12.1 Å². The van der Waals surface area contributed by atoms with Crippen LogP contribution in [0.4, 0.5) is 0 Å². The quantitative estimate of drug-likeness (QED) is 0.812. The molecule has 2 aromatic rings. The maximum Gasteiger partial charge on any atom is 0.191 e. The van der Waals surface area contributed by atoms with Gasteiger partial charge in [0, 0.05) is 6.54 Å². The minimum absolute atomic E-state index is 0. The summed E-state index contributed by atoms with van der Waals surface area (Å²) in [4.78, 5) is 4.41. The molecule has 0 aliphatic carbocycles. The lowest BCUT2D eigenvalue weighted by molar-refractivity contribution is 0.474. The van der Waals surface area contributed by atoms with E-state index in [1.807, 2.05) is 18.2 Å². The molecule has 4 nitrogen and oxygen atoms in total. The highest BCUT2D eigenvalue weighted by atomic mass is 35.5. The zero-order valence-corrected chi connectivity index (χ0v) is 13.0. The number of benzene rings is 2. The van der Waals surface area contributed by atoms with Crippen molar-refractivity contribution in [3.05, 3.63) is 65.7 Å². The van der Waals surface area contributed by atoms with Gasteiger partial charge in [-0.25, -0.2) is 0 Å². The fourth-order valence-corrected chi connectivity index (χ4v) is 2.47. The maximum atomic E-state index is 9.46. The summed E-state index contributed by atoms with van der Waals surface area (Å²) in [6.45, 7) is 1.70. The Balaban J connectivity index is 0.00000176. The van der Waals surface area contributed by atoms with Crippen LogP contribution >= 0.6 is 12.4 Å². The molecule has 0 aromatic heterocycles. The number of aliphatic imine (C=N–C) groups is 1. The van der Waals surface area contributed by atoms with Gasteiger partial charge in [-0.05, 0) is 29.7 Å². The maximum absolute atomic E-state index is 9.46. The van der Waals surface area contributed by atoms with Crippen LogP contribution in [0.15, 0.2) is 59.6 Å². The molecule has 0 saturated heterocycles. The number of rotatable bonds is 4. The van der Waals surface area contributed by atoms with Crippen LogP contribution in [0.3, 0.4) is 0 Å². The smallest absolute Gasteiger partial charge is 0.191 e. The van der Waals surface area contributed by atoms with Gasteiger partial charge in [-0.2, -0.15) is 0 Å². The summed E-state index contributed by atoms with van der Waals surface area (Å²) in [7, 11) is 0. The van der Waals surface area contributed by atoms with E-state index in [-0.39, 0.29) is 24.2 Å². The first-order valence-electron chi connectivity index (χ1n) is 7.19. The fourth-order valence-electron chi connectivity index (χ4n) is 2.47. The van der Waals surface area contributed by atoms with E-state index in [1.165, 1.54) is 5.56 Å². The number of halogens is 1. The van der Waals surface area contributed by atoms with Gasteiger partial charge in [0.25, 0.3) is 0 Å². The number of nitrogens with one attached hydrogen (secondary N) is 2. The van der Waals surface area contributed by atoms with Crippen LogP contribution in [0.1, 0.15) is 17.2 Å². The Bertz CT molecular complexity index is 614.